The van der Waals surface area contributed by atoms with E-state index in [4.69, 9.17) is 5.11 Å². The van der Waals surface area contributed by atoms with Gasteiger partial charge in [0.25, 0.3) is 0 Å². The monoisotopic (exact) mass is 265 g/mol. The van der Waals surface area contributed by atoms with E-state index in [-0.39, 0.29) is 23.1 Å². The van der Waals surface area contributed by atoms with Crippen LogP contribution < -0.4 is 0 Å². The number of benzene rings is 1. The summed E-state index contributed by atoms with van der Waals surface area (Å²) in [5, 5.41) is 9.96. The van der Waals surface area contributed by atoms with E-state index in [9.17, 15) is 9.18 Å². The van der Waals surface area contributed by atoms with E-state index >= 15 is 0 Å². The molecule has 0 saturated heterocycles. The number of halogens is 1. The predicted molar refractivity (Wildman–Crippen MR) is 67.2 cm³/mol. The Balaban J connectivity index is 2.04. The molecule has 3 nitrogen and oxygen atoms in total. The first-order valence-electron chi connectivity index (χ1n) is 5.70. The molecule has 1 aromatic carbocycles. The number of nitrogens with zero attached hydrogens (tertiary/aromatic N) is 1. The van der Waals surface area contributed by atoms with E-state index in [1.54, 1.807) is 6.07 Å². The highest BCUT2D eigenvalue weighted by atomic mass is 32.1. The number of thiazole rings is 1. The molecule has 0 radical (unpaired) electrons. The summed E-state index contributed by atoms with van der Waals surface area (Å²) in [6.07, 6.45) is 0. The van der Waals surface area contributed by atoms with Crippen molar-refractivity contribution in [1.29, 1.82) is 0 Å². The number of hydrogen-bond donors (Lipinski definition) is 1. The van der Waals surface area contributed by atoms with E-state index in [0.717, 1.165) is 15.2 Å². The molecule has 2 atom stereocenters. The van der Waals surface area contributed by atoms with Gasteiger partial charge in [0.15, 0.2) is 0 Å². The predicted octanol–water partition coefficient (Wildman–Crippen LogP) is 3.26. The van der Waals surface area contributed by atoms with Crippen molar-refractivity contribution in [3.05, 3.63) is 29.0 Å². The van der Waals surface area contributed by atoms with Crippen molar-refractivity contribution in [2.45, 2.75) is 19.8 Å². The fourth-order valence-electron chi connectivity index (χ4n) is 2.61. The van der Waals surface area contributed by atoms with Crippen LogP contribution in [-0.2, 0) is 4.79 Å². The molecule has 1 heterocycles. The molecule has 1 fully saturated rings. The maximum Gasteiger partial charge on any atom is 0.307 e. The van der Waals surface area contributed by atoms with Crippen molar-refractivity contribution < 1.29 is 14.3 Å². The van der Waals surface area contributed by atoms with Crippen LogP contribution in [0.5, 0.6) is 0 Å². The van der Waals surface area contributed by atoms with Gasteiger partial charge in [0.1, 0.15) is 5.82 Å². The molecule has 2 unspecified atom stereocenters. The van der Waals surface area contributed by atoms with E-state index in [0.29, 0.717) is 0 Å². The Morgan fingerprint density at radius 3 is 2.83 bits per heavy atom. The van der Waals surface area contributed by atoms with E-state index in [1.165, 1.54) is 23.5 Å². The number of aromatic nitrogens is 1. The molecule has 5 heteroatoms. The quantitative estimate of drug-likeness (QED) is 0.906. The number of hydrogen-bond acceptors (Lipinski definition) is 3. The Bertz CT molecular complexity index is 649. The maximum atomic E-state index is 13.1. The zero-order chi connectivity index (χ0) is 13.1. The first-order valence-corrected chi connectivity index (χ1v) is 6.51. The van der Waals surface area contributed by atoms with Gasteiger partial charge in [-0.2, -0.15) is 0 Å². The maximum absolute atomic E-state index is 13.1. The third-order valence-electron chi connectivity index (χ3n) is 3.73. The standard InChI is InChI=1S/C13H12FNO2S/c1-13(2)9(10(13)12(16)17)11-15-7-4-3-6(14)5-8(7)18-11/h3-5,9-10H,1-2H3,(H,16,17). The van der Waals surface area contributed by atoms with Crippen LogP contribution in [0.15, 0.2) is 18.2 Å². The largest absolute Gasteiger partial charge is 0.481 e. The Kier molecular flexibility index (Phi) is 2.26. The van der Waals surface area contributed by atoms with Gasteiger partial charge in [0.05, 0.1) is 21.1 Å². The highest BCUT2D eigenvalue weighted by molar-refractivity contribution is 7.18. The lowest BCUT2D eigenvalue weighted by molar-refractivity contribution is -0.139. The summed E-state index contributed by atoms with van der Waals surface area (Å²) in [5.41, 5.74) is 0.473. The Labute approximate surface area is 107 Å². The molecule has 0 spiro atoms. The molecule has 2 aromatic rings. The van der Waals surface area contributed by atoms with Crippen molar-refractivity contribution in [1.82, 2.24) is 4.98 Å². The molecule has 18 heavy (non-hydrogen) atoms. The normalized spacial score (nSPS) is 25.3. The van der Waals surface area contributed by atoms with Crippen LogP contribution >= 0.6 is 11.3 Å². The average molecular weight is 265 g/mol. The summed E-state index contributed by atoms with van der Waals surface area (Å²) in [4.78, 5) is 15.6. The summed E-state index contributed by atoms with van der Waals surface area (Å²) >= 11 is 1.39. The molecule has 94 valence electrons. The topological polar surface area (TPSA) is 50.2 Å². The molecule has 1 aliphatic carbocycles. The number of aliphatic carboxylic acids is 1. The number of rotatable bonds is 2. The Morgan fingerprint density at radius 2 is 2.22 bits per heavy atom. The van der Waals surface area contributed by atoms with Crippen LogP contribution in [0.1, 0.15) is 24.8 Å². The summed E-state index contributed by atoms with van der Waals surface area (Å²) in [6.45, 7) is 3.87. The number of carboxylic acid groups (broad SMARTS) is 1. The Morgan fingerprint density at radius 1 is 1.50 bits per heavy atom. The van der Waals surface area contributed by atoms with Gasteiger partial charge in [-0.3, -0.25) is 4.79 Å². The lowest BCUT2D eigenvalue weighted by Crippen LogP contribution is -2.03. The summed E-state index contributed by atoms with van der Waals surface area (Å²) in [7, 11) is 0. The molecule has 0 amide bonds. The van der Waals surface area contributed by atoms with Gasteiger partial charge in [-0.25, -0.2) is 9.37 Å². The number of fused-ring (bicyclic) bond motifs is 1. The fourth-order valence-corrected chi connectivity index (χ4v) is 3.93. The molecule has 1 saturated carbocycles. The van der Waals surface area contributed by atoms with Crippen molar-refractivity contribution in [3.8, 4) is 0 Å². The highest BCUT2D eigenvalue weighted by Crippen LogP contribution is 2.65. The van der Waals surface area contributed by atoms with Crippen molar-refractivity contribution in [2.24, 2.45) is 11.3 Å². The lowest BCUT2D eigenvalue weighted by atomic mass is 10.1. The fraction of sp³-hybridized carbons (Fsp3) is 0.385. The van der Waals surface area contributed by atoms with E-state index in [2.05, 4.69) is 4.98 Å². The average Bonchev–Trinajstić information content (AvgIpc) is 2.66. The van der Waals surface area contributed by atoms with Gasteiger partial charge >= 0.3 is 5.97 Å². The molecule has 1 aliphatic rings. The van der Waals surface area contributed by atoms with Crippen molar-refractivity contribution in [2.75, 3.05) is 0 Å². The summed E-state index contributed by atoms with van der Waals surface area (Å²) < 4.78 is 13.9. The molecule has 0 bridgehead atoms. The van der Waals surface area contributed by atoms with Gasteiger partial charge in [-0.1, -0.05) is 13.8 Å². The summed E-state index contributed by atoms with van der Waals surface area (Å²) in [6, 6.07) is 4.45. The smallest absolute Gasteiger partial charge is 0.307 e. The Hall–Kier alpha value is -1.49. The minimum Gasteiger partial charge on any atom is -0.481 e. The third kappa shape index (κ3) is 1.54. The first kappa shape index (κ1) is 11.6. The van der Waals surface area contributed by atoms with E-state index < -0.39 is 5.97 Å². The molecular formula is C13H12FNO2S. The minimum atomic E-state index is -0.782. The molecule has 1 N–H and O–H groups in total. The van der Waals surface area contributed by atoms with Crippen LogP contribution in [0.2, 0.25) is 0 Å². The van der Waals surface area contributed by atoms with Gasteiger partial charge in [0, 0.05) is 5.92 Å². The van der Waals surface area contributed by atoms with Gasteiger partial charge in [-0.05, 0) is 23.6 Å². The number of carbonyl (C=O) groups is 1. The van der Waals surface area contributed by atoms with Crippen LogP contribution in [0, 0.1) is 17.2 Å². The number of carboxylic acids is 1. The molecular weight excluding hydrogens is 253 g/mol. The van der Waals surface area contributed by atoms with Crippen molar-refractivity contribution in [3.63, 3.8) is 0 Å². The van der Waals surface area contributed by atoms with Crippen LogP contribution in [0.4, 0.5) is 4.39 Å². The second-order valence-electron chi connectivity index (χ2n) is 5.28. The van der Waals surface area contributed by atoms with Crippen molar-refractivity contribution >= 4 is 27.5 Å². The third-order valence-corrected chi connectivity index (χ3v) is 4.83. The van der Waals surface area contributed by atoms with Gasteiger partial charge in [0.2, 0.25) is 0 Å². The molecule has 1 aromatic heterocycles. The first-order chi connectivity index (χ1) is 8.41. The van der Waals surface area contributed by atoms with Crippen LogP contribution in [0.25, 0.3) is 10.2 Å². The minimum absolute atomic E-state index is 0.0598. The molecule has 3 rings (SSSR count). The van der Waals surface area contributed by atoms with Crippen LogP contribution in [-0.4, -0.2) is 16.1 Å². The second kappa shape index (κ2) is 3.51. The second-order valence-corrected chi connectivity index (χ2v) is 6.34. The van der Waals surface area contributed by atoms with E-state index in [1.807, 2.05) is 13.8 Å². The van der Waals surface area contributed by atoms with Gasteiger partial charge < -0.3 is 5.11 Å². The highest BCUT2D eigenvalue weighted by Gasteiger charge is 2.64. The lowest BCUT2D eigenvalue weighted by Gasteiger charge is -1.97. The SMILES string of the molecule is CC1(C)C(C(=O)O)C1c1nc2ccc(F)cc2s1. The van der Waals surface area contributed by atoms with Crippen LogP contribution in [0.3, 0.4) is 0 Å². The zero-order valence-corrected chi connectivity index (χ0v) is 10.8. The van der Waals surface area contributed by atoms with Gasteiger partial charge in [-0.15, -0.1) is 11.3 Å². The molecule has 0 aliphatic heterocycles. The zero-order valence-electron chi connectivity index (χ0n) is 9.98. The summed E-state index contributed by atoms with van der Waals surface area (Å²) in [5.74, 6) is -1.52.